The van der Waals surface area contributed by atoms with E-state index in [1.807, 2.05) is 13.1 Å². The molecule has 0 fully saturated rings. The van der Waals surface area contributed by atoms with E-state index in [2.05, 4.69) is 27.5 Å². The Labute approximate surface area is 100 Å². The van der Waals surface area contributed by atoms with E-state index in [0.29, 0.717) is 6.54 Å². The minimum atomic E-state index is 0.667. The third kappa shape index (κ3) is 2.82. The van der Waals surface area contributed by atoms with Crippen LogP contribution in [0.1, 0.15) is 11.1 Å². The predicted molar refractivity (Wildman–Crippen MR) is 64.9 cm³/mol. The minimum absolute atomic E-state index is 0.667. The smallest absolute Gasteiger partial charge is 0.137 e. The molecule has 0 bridgehead atoms. The summed E-state index contributed by atoms with van der Waals surface area (Å²) in [5.74, 6) is 0.875. The molecule has 5 nitrogen and oxygen atoms in total. The molecule has 0 spiro atoms. The van der Waals surface area contributed by atoms with Gasteiger partial charge in [-0.3, -0.25) is 0 Å². The van der Waals surface area contributed by atoms with Gasteiger partial charge in [-0.1, -0.05) is 6.07 Å². The van der Waals surface area contributed by atoms with Gasteiger partial charge < -0.3 is 10.1 Å². The first kappa shape index (κ1) is 11.6. The molecule has 5 heteroatoms. The van der Waals surface area contributed by atoms with Crippen molar-refractivity contribution in [1.82, 2.24) is 20.1 Å². The molecule has 0 amide bonds. The van der Waals surface area contributed by atoms with Crippen LogP contribution in [0.3, 0.4) is 0 Å². The standard InChI is InChI=1S/C12H16N4O/c1-13-6-10-3-4-12(17-2)11(5-10)7-16-9-14-8-15-16/h3-5,8-9,13H,6-7H2,1-2H3. The van der Waals surface area contributed by atoms with Gasteiger partial charge in [-0.25, -0.2) is 9.67 Å². The molecule has 0 saturated carbocycles. The van der Waals surface area contributed by atoms with Crippen molar-refractivity contribution in [2.45, 2.75) is 13.1 Å². The second kappa shape index (κ2) is 5.45. The van der Waals surface area contributed by atoms with Crippen molar-refractivity contribution in [1.29, 1.82) is 0 Å². The van der Waals surface area contributed by atoms with Gasteiger partial charge >= 0.3 is 0 Å². The van der Waals surface area contributed by atoms with Gasteiger partial charge in [0.2, 0.25) is 0 Å². The molecule has 0 atom stereocenters. The van der Waals surface area contributed by atoms with Crippen molar-refractivity contribution in [3.63, 3.8) is 0 Å². The molecule has 1 heterocycles. The van der Waals surface area contributed by atoms with Gasteiger partial charge in [0.1, 0.15) is 18.4 Å². The van der Waals surface area contributed by atoms with Crippen molar-refractivity contribution < 1.29 is 4.74 Å². The average Bonchev–Trinajstić information content (AvgIpc) is 2.83. The van der Waals surface area contributed by atoms with Crippen molar-refractivity contribution in [2.24, 2.45) is 0 Å². The monoisotopic (exact) mass is 232 g/mol. The summed E-state index contributed by atoms with van der Waals surface area (Å²) < 4.78 is 7.12. The van der Waals surface area contributed by atoms with E-state index < -0.39 is 0 Å². The maximum atomic E-state index is 5.35. The van der Waals surface area contributed by atoms with Crippen LogP contribution in [0.15, 0.2) is 30.9 Å². The molecule has 2 rings (SSSR count). The fourth-order valence-electron chi connectivity index (χ4n) is 1.76. The van der Waals surface area contributed by atoms with E-state index in [1.165, 1.54) is 11.9 Å². The maximum absolute atomic E-state index is 5.35. The molecular weight excluding hydrogens is 216 g/mol. The Balaban J connectivity index is 2.25. The van der Waals surface area contributed by atoms with Crippen LogP contribution >= 0.6 is 0 Å². The SMILES string of the molecule is CNCc1ccc(OC)c(Cn2cncn2)c1. The lowest BCUT2D eigenvalue weighted by molar-refractivity contribution is 0.407. The van der Waals surface area contributed by atoms with Crippen LogP contribution < -0.4 is 10.1 Å². The molecule has 0 radical (unpaired) electrons. The predicted octanol–water partition coefficient (Wildman–Crippen LogP) is 1.05. The van der Waals surface area contributed by atoms with E-state index in [9.17, 15) is 0 Å². The van der Waals surface area contributed by atoms with Crippen LogP contribution in [0.2, 0.25) is 0 Å². The van der Waals surface area contributed by atoms with E-state index in [-0.39, 0.29) is 0 Å². The Morgan fingerprint density at radius 1 is 1.41 bits per heavy atom. The number of hydrogen-bond donors (Lipinski definition) is 1. The molecule has 1 N–H and O–H groups in total. The summed E-state index contributed by atoms with van der Waals surface area (Å²) in [7, 11) is 3.61. The fourth-order valence-corrected chi connectivity index (χ4v) is 1.76. The number of methoxy groups -OCH3 is 1. The quantitative estimate of drug-likeness (QED) is 0.837. The van der Waals surface area contributed by atoms with Crippen molar-refractivity contribution in [3.8, 4) is 5.75 Å². The van der Waals surface area contributed by atoms with Gasteiger partial charge in [-0.2, -0.15) is 5.10 Å². The van der Waals surface area contributed by atoms with Crippen LogP contribution in [0, 0.1) is 0 Å². The van der Waals surface area contributed by atoms with Crippen molar-refractivity contribution >= 4 is 0 Å². The van der Waals surface area contributed by atoms with Crippen LogP contribution in [0.5, 0.6) is 5.75 Å². The van der Waals surface area contributed by atoms with Gasteiger partial charge in [0, 0.05) is 12.1 Å². The first-order chi connectivity index (χ1) is 8.33. The summed E-state index contributed by atoms with van der Waals surface area (Å²) in [5.41, 5.74) is 2.33. The molecular formula is C12H16N4O. The molecule has 90 valence electrons. The molecule has 0 aliphatic rings. The molecule has 0 aliphatic carbocycles. The van der Waals surface area contributed by atoms with Crippen LogP contribution in [-0.4, -0.2) is 28.9 Å². The topological polar surface area (TPSA) is 52.0 Å². The Bertz CT molecular complexity index is 467. The zero-order valence-electron chi connectivity index (χ0n) is 10.1. The minimum Gasteiger partial charge on any atom is -0.496 e. The number of benzene rings is 1. The first-order valence-electron chi connectivity index (χ1n) is 5.46. The summed E-state index contributed by atoms with van der Waals surface area (Å²) in [4.78, 5) is 3.93. The Morgan fingerprint density at radius 2 is 2.29 bits per heavy atom. The third-order valence-corrected chi connectivity index (χ3v) is 2.52. The van der Waals surface area contributed by atoms with Crippen molar-refractivity contribution in [2.75, 3.05) is 14.2 Å². The van der Waals surface area contributed by atoms with Crippen molar-refractivity contribution in [3.05, 3.63) is 42.0 Å². The molecule has 1 aromatic heterocycles. The molecule has 0 unspecified atom stereocenters. The highest BCUT2D eigenvalue weighted by Crippen LogP contribution is 2.20. The number of ether oxygens (including phenoxy) is 1. The lowest BCUT2D eigenvalue weighted by Gasteiger charge is -2.10. The van der Waals surface area contributed by atoms with E-state index in [1.54, 1.807) is 18.1 Å². The molecule has 0 aliphatic heterocycles. The van der Waals surface area contributed by atoms with Gasteiger partial charge in [-0.05, 0) is 24.7 Å². The highest BCUT2D eigenvalue weighted by molar-refractivity contribution is 5.37. The summed E-state index contributed by atoms with van der Waals surface area (Å²) >= 11 is 0. The molecule has 1 aromatic carbocycles. The Kier molecular flexibility index (Phi) is 3.72. The van der Waals surface area contributed by atoms with Crippen LogP contribution in [-0.2, 0) is 13.1 Å². The zero-order valence-corrected chi connectivity index (χ0v) is 10.1. The first-order valence-corrected chi connectivity index (χ1v) is 5.46. The molecule has 17 heavy (non-hydrogen) atoms. The number of nitrogens with zero attached hydrogens (tertiary/aromatic N) is 3. The second-order valence-electron chi connectivity index (χ2n) is 3.77. The van der Waals surface area contributed by atoms with E-state index >= 15 is 0 Å². The summed E-state index contributed by atoms with van der Waals surface area (Å²) in [6.07, 6.45) is 3.23. The lowest BCUT2D eigenvalue weighted by Crippen LogP contribution is -2.07. The normalized spacial score (nSPS) is 10.5. The average molecular weight is 232 g/mol. The number of aromatic nitrogens is 3. The number of nitrogens with one attached hydrogen (secondary N) is 1. The largest absolute Gasteiger partial charge is 0.496 e. The lowest BCUT2D eigenvalue weighted by atomic mass is 10.1. The van der Waals surface area contributed by atoms with Crippen LogP contribution in [0.25, 0.3) is 0 Å². The van der Waals surface area contributed by atoms with Crippen LogP contribution in [0.4, 0.5) is 0 Å². The summed E-state index contributed by atoms with van der Waals surface area (Å²) in [5, 5.41) is 7.23. The van der Waals surface area contributed by atoms with Gasteiger partial charge in [0.05, 0.1) is 13.7 Å². The van der Waals surface area contributed by atoms with Gasteiger partial charge in [0.25, 0.3) is 0 Å². The van der Waals surface area contributed by atoms with E-state index in [0.717, 1.165) is 17.9 Å². The summed E-state index contributed by atoms with van der Waals surface area (Å²) in [6, 6.07) is 6.16. The molecule has 0 saturated heterocycles. The number of hydrogen-bond acceptors (Lipinski definition) is 4. The third-order valence-electron chi connectivity index (χ3n) is 2.52. The maximum Gasteiger partial charge on any atom is 0.137 e. The molecule has 2 aromatic rings. The Hall–Kier alpha value is -1.88. The zero-order chi connectivity index (χ0) is 12.1. The highest BCUT2D eigenvalue weighted by Gasteiger charge is 2.05. The van der Waals surface area contributed by atoms with E-state index in [4.69, 9.17) is 4.74 Å². The number of rotatable bonds is 5. The second-order valence-corrected chi connectivity index (χ2v) is 3.77. The van der Waals surface area contributed by atoms with Gasteiger partial charge in [-0.15, -0.1) is 0 Å². The summed E-state index contributed by atoms with van der Waals surface area (Å²) in [6.45, 7) is 1.51. The Morgan fingerprint density at radius 3 is 2.94 bits per heavy atom. The fraction of sp³-hybridized carbons (Fsp3) is 0.333. The van der Waals surface area contributed by atoms with Gasteiger partial charge in [0.15, 0.2) is 0 Å². The highest BCUT2D eigenvalue weighted by atomic mass is 16.5.